The van der Waals surface area contributed by atoms with Crippen LogP contribution in [0.5, 0.6) is 0 Å². The maximum Gasteiger partial charge on any atom is 0.317 e. The highest BCUT2D eigenvalue weighted by Crippen LogP contribution is 2.43. The number of aryl methyl sites for hydroxylation is 1. The van der Waals surface area contributed by atoms with Crippen LogP contribution in [-0.2, 0) is 4.74 Å². The lowest BCUT2D eigenvalue weighted by Crippen LogP contribution is -2.39. The van der Waals surface area contributed by atoms with E-state index in [1.807, 2.05) is 18.1 Å². The molecular weight excluding hydrogens is 340 g/mol. The van der Waals surface area contributed by atoms with Gasteiger partial charge in [0.05, 0.1) is 23.2 Å². The van der Waals surface area contributed by atoms with E-state index in [4.69, 9.17) is 9.72 Å². The molecule has 2 aromatic rings. The van der Waals surface area contributed by atoms with Gasteiger partial charge in [0.2, 0.25) is 0 Å². The molecule has 0 bridgehead atoms. The van der Waals surface area contributed by atoms with E-state index < -0.39 is 0 Å². The van der Waals surface area contributed by atoms with Crippen LogP contribution in [0.25, 0.3) is 11.0 Å². The first-order valence-corrected chi connectivity index (χ1v) is 10.2. The molecule has 0 spiro atoms. The highest BCUT2D eigenvalue weighted by molar-refractivity contribution is 5.76. The fourth-order valence-electron chi connectivity index (χ4n) is 5.16. The predicted molar refractivity (Wildman–Crippen MR) is 104 cm³/mol. The van der Waals surface area contributed by atoms with Crippen LogP contribution in [0, 0.1) is 18.8 Å². The number of rotatable bonds is 3. The summed E-state index contributed by atoms with van der Waals surface area (Å²) in [7, 11) is 1.82. The second-order valence-electron chi connectivity index (χ2n) is 8.48. The smallest absolute Gasteiger partial charge is 0.317 e. The number of hydrogen-bond acceptors (Lipinski definition) is 3. The minimum atomic E-state index is 0.127. The van der Waals surface area contributed by atoms with E-state index >= 15 is 0 Å². The summed E-state index contributed by atoms with van der Waals surface area (Å²) in [5.74, 6) is 2.11. The molecule has 2 amide bonds. The first kappa shape index (κ1) is 17.0. The van der Waals surface area contributed by atoms with Crippen LogP contribution in [-0.4, -0.2) is 52.8 Å². The van der Waals surface area contributed by atoms with Crippen LogP contribution in [0.4, 0.5) is 4.79 Å². The molecule has 1 aliphatic heterocycles. The lowest BCUT2D eigenvalue weighted by molar-refractivity contribution is -0.0000600. The van der Waals surface area contributed by atoms with Crippen LogP contribution in [0.1, 0.15) is 37.5 Å². The maximum atomic E-state index is 12.5. The van der Waals surface area contributed by atoms with Gasteiger partial charge in [-0.3, -0.25) is 0 Å². The van der Waals surface area contributed by atoms with E-state index in [9.17, 15) is 4.79 Å². The molecule has 2 saturated carbocycles. The van der Waals surface area contributed by atoms with Crippen molar-refractivity contribution >= 4 is 17.1 Å². The standard InChI is InChI=1S/C21H28N4O2/c1-13-22-17-5-3-4-6-18(17)25(13)19-9-14-11-24(21(26)23-16-7-8-16)12-15(14)10-20(19)27-2/h3-6,14-16,19-20H,7-12H2,1-2H3,(H,23,26)/t14-,15+,19-,20-/m0/s1. The van der Waals surface area contributed by atoms with E-state index in [1.165, 1.54) is 5.52 Å². The number of carbonyl (C=O) groups is 1. The van der Waals surface area contributed by atoms with E-state index in [0.29, 0.717) is 17.9 Å². The monoisotopic (exact) mass is 368 g/mol. The molecule has 1 aromatic carbocycles. The molecule has 1 N–H and O–H groups in total. The third-order valence-electron chi connectivity index (χ3n) is 6.68. The first-order valence-electron chi connectivity index (χ1n) is 10.2. The highest BCUT2D eigenvalue weighted by atomic mass is 16.5. The van der Waals surface area contributed by atoms with Gasteiger partial charge in [0.15, 0.2) is 0 Å². The number of benzene rings is 1. The molecule has 0 unspecified atom stereocenters. The Morgan fingerprint density at radius 2 is 1.93 bits per heavy atom. The molecule has 2 heterocycles. The molecule has 5 rings (SSSR count). The van der Waals surface area contributed by atoms with Crippen molar-refractivity contribution in [3.8, 4) is 0 Å². The highest BCUT2D eigenvalue weighted by Gasteiger charge is 2.45. The Labute approximate surface area is 159 Å². The van der Waals surface area contributed by atoms with Crippen molar-refractivity contribution in [1.82, 2.24) is 19.8 Å². The van der Waals surface area contributed by atoms with Crippen molar-refractivity contribution in [2.75, 3.05) is 20.2 Å². The van der Waals surface area contributed by atoms with Crippen LogP contribution in [0.3, 0.4) is 0 Å². The molecule has 6 nitrogen and oxygen atoms in total. The van der Waals surface area contributed by atoms with Crippen LogP contribution in [0.15, 0.2) is 24.3 Å². The molecule has 27 heavy (non-hydrogen) atoms. The maximum absolute atomic E-state index is 12.5. The Morgan fingerprint density at radius 3 is 2.67 bits per heavy atom. The van der Waals surface area contributed by atoms with Crippen LogP contribution >= 0.6 is 0 Å². The fraction of sp³-hybridized carbons (Fsp3) is 0.619. The van der Waals surface area contributed by atoms with E-state index in [1.54, 1.807) is 0 Å². The quantitative estimate of drug-likeness (QED) is 0.906. The van der Waals surface area contributed by atoms with E-state index in [-0.39, 0.29) is 18.2 Å². The molecular formula is C21H28N4O2. The number of imidazole rings is 1. The zero-order valence-electron chi connectivity index (χ0n) is 16.1. The van der Waals surface area contributed by atoms with Gasteiger partial charge in [-0.15, -0.1) is 0 Å². The lowest BCUT2D eigenvalue weighted by atomic mass is 9.77. The number of aromatic nitrogens is 2. The van der Waals surface area contributed by atoms with Crippen molar-refractivity contribution in [2.45, 2.75) is 50.8 Å². The Morgan fingerprint density at radius 1 is 1.19 bits per heavy atom. The van der Waals surface area contributed by atoms with Crippen molar-refractivity contribution < 1.29 is 9.53 Å². The van der Waals surface area contributed by atoms with Gasteiger partial charge in [0.25, 0.3) is 0 Å². The number of para-hydroxylation sites is 2. The average molecular weight is 368 g/mol. The minimum Gasteiger partial charge on any atom is -0.379 e. The van der Waals surface area contributed by atoms with Gasteiger partial charge < -0.3 is 19.5 Å². The number of ether oxygens (including phenoxy) is 1. The second-order valence-corrected chi connectivity index (χ2v) is 8.48. The van der Waals surface area contributed by atoms with E-state index in [0.717, 1.165) is 50.1 Å². The third kappa shape index (κ3) is 3.00. The van der Waals surface area contributed by atoms with Gasteiger partial charge in [-0.2, -0.15) is 0 Å². The van der Waals surface area contributed by atoms with Gasteiger partial charge >= 0.3 is 6.03 Å². The van der Waals surface area contributed by atoms with Crippen molar-refractivity contribution in [1.29, 1.82) is 0 Å². The van der Waals surface area contributed by atoms with Gasteiger partial charge in [0.1, 0.15) is 5.82 Å². The minimum absolute atomic E-state index is 0.127. The number of hydrogen-bond donors (Lipinski definition) is 1. The molecule has 3 fully saturated rings. The molecule has 3 aliphatic rings. The van der Waals surface area contributed by atoms with Crippen molar-refractivity contribution in [3.63, 3.8) is 0 Å². The second kappa shape index (κ2) is 6.51. The Balaban J connectivity index is 1.40. The molecule has 1 aromatic heterocycles. The summed E-state index contributed by atoms with van der Waals surface area (Å²) in [5, 5.41) is 3.14. The zero-order chi connectivity index (χ0) is 18.5. The summed E-state index contributed by atoms with van der Waals surface area (Å²) in [4.78, 5) is 19.3. The topological polar surface area (TPSA) is 59.4 Å². The number of nitrogens with zero attached hydrogens (tertiary/aromatic N) is 3. The number of carbonyl (C=O) groups excluding carboxylic acids is 1. The summed E-state index contributed by atoms with van der Waals surface area (Å²) in [6.07, 6.45) is 4.47. The molecule has 0 radical (unpaired) electrons. The lowest BCUT2D eigenvalue weighted by Gasteiger charge is -2.38. The Hall–Kier alpha value is -2.08. The third-order valence-corrected chi connectivity index (χ3v) is 6.68. The Kier molecular flexibility index (Phi) is 4.11. The summed E-state index contributed by atoms with van der Waals surface area (Å²) in [5.41, 5.74) is 2.23. The summed E-state index contributed by atoms with van der Waals surface area (Å²) in [6.45, 7) is 3.81. The van der Waals surface area contributed by atoms with Gasteiger partial charge in [-0.25, -0.2) is 9.78 Å². The largest absolute Gasteiger partial charge is 0.379 e. The van der Waals surface area contributed by atoms with Gasteiger partial charge in [0, 0.05) is 26.2 Å². The Bertz CT molecular complexity index is 859. The molecule has 4 atom stereocenters. The van der Waals surface area contributed by atoms with Gasteiger partial charge in [-0.1, -0.05) is 12.1 Å². The number of fused-ring (bicyclic) bond motifs is 2. The number of nitrogens with one attached hydrogen (secondary N) is 1. The van der Waals surface area contributed by atoms with E-state index in [2.05, 4.69) is 35.0 Å². The molecule has 1 saturated heterocycles. The fourth-order valence-corrected chi connectivity index (χ4v) is 5.16. The van der Waals surface area contributed by atoms with Crippen LogP contribution < -0.4 is 5.32 Å². The van der Waals surface area contributed by atoms with Gasteiger partial charge in [-0.05, 0) is 56.6 Å². The zero-order valence-corrected chi connectivity index (χ0v) is 16.1. The summed E-state index contributed by atoms with van der Waals surface area (Å²) < 4.78 is 8.31. The van der Waals surface area contributed by atoms with Crippen molar-refractivity contribution in [2.24, 2.45) is 11.8 Å². The predicted octanol–water partition coefficient (Wildman–Crippen LogP) is 3.11. The molecule has 6 heteroatoms. The first-order chi connectivity index (χ1) is 13.1. The SMILES string of the molecule is CO[C@H]1C[C@@H]2CN(C(=O)NC3CC3)C[C@@H]2C[C@@H]1n1c(C)nc2ccccc21. The number of likely N-dealkylation sites (tertiary alicyclic amines) is 1. The number of amides is 2. The average Bonchev–Trinajstić information content (AvgIpc) is 3.27. The summed E-state index contributed by atoms with van der Waals surface area (Å²) >= 11 is 0. The molecule has 144 valence electrons. The van der Waals surface area contributed by atoms with Crippen LogP contribution in [0.2, 0.25) is 0 Å². The number of methoxy groups -OCH3 is 1. The molecule has 2 aliphatic carbocycles. The summed E-state index contributed by atoms with van der Waals surface area (Å²) in [6, 6.07) is 9.16. The van der Waals surface area contributed by atoms with Crippen molar-refractivity contribution in [3.05, 3.63) is 30.1 Å². The number of urea groups is 1. The normalized spacial score (nSPS) is 30.5.